The quantitative estimate of drug-likeness (QED) is 0.604. The first-order valence-electron chi connectivity index (χ1n) is 4.98. The van der Waals surface area contributed by atoms with Gasteiger partial charge in [0.2, 0.25) is 0 Å². The van der Waals surface area contributed by atoms with E-state index in [-0.39, 0.29) is 12.6 Å². The number of methoxy groups -OCH3 is 1. The molecule has 0 saturated carbocycles. The fraction of sp³-hybridized carbons (Fsp3) is 0.308. The highest BCUT2D eigenvalue weighted by Gasteiger charge is 2.10. The Morgan fingerprint density at radius 2 is 2.25 bits per heavy atom. The van der Waals surface area contributed by atoms with Gasteiger partial charge in [-0.2, -0.15) is 0 Å². The first kappa shape index (κ1) is 12.3. The number of benzene rings is 1. The molecular weight excluding hydrogens is 204 g/mol. The highest BCUT2D eigenvalue weighted by atomic mass is 16.5. The van der Waals surface area contributed by atoms with Gasteiger partial charge in [-0.05, 0) is 24.6 Å². The fourth-order valence-corrected chi connectivity index (χ4v) is 1.32. The number of esters is 1. The second-order valence-corrected chi connectivity index (χ2v) is 3.25. The Balaban J connectivity index is 3.05. The minimum absolute atomic E-state index is 0.0444. The maximum Gasteiger partial charge on any atom is 0.338 e. The molecule has 0 bridgehead atoms. The molecule has 0 aliphatic carbocycles. The van der Waals surface area contributed by atoms with Gasteiger partial charge in [0.15, 0.2) is 0 Å². The normalized spacial score (nSPS) is 9.19. The predicted molar refractivity (Wildman–Crippen MR) is 61.1 cm³/mol. The number of carbonyl (C=O) groups is 1. The van der Waals surface area contributed by atoms with Crippen LogP contribution in [0.5, 0.6) is 0 Å². The molecule has 0 radical (unpaired) electrons. The molecule has 1 aromatic carbocycles. The predicted octanol–water partition coefficient (Wildman–Crippen LogP) is 1.52. The highest BCUT2D eigenvalue weighted by Crippen LogP contribution is 2.13. The maximum atomic E-state index is 11.4. The summed E-state index contributed by atoms with van der Waals surface area (Å²) in [5, 5.41) is 8.62. The van der Waals surface area contributed by atoms with Gasteiger partial charge in [0.05, 0.1) is 19.3 Å². The Morgan fingerprint density at radius 3 is 2.88 bits per heavy atom. The lowest BCUT2D eigenvalue weighted by atomic mass is 10.0. The van der Waals surface area contributed by atoms with Gasteiger partial charge in [-0.25, -0.2) is 4.79 Å². The van der Waals surface area contributed by atoms with Gasteiger partial charge in [-0.3, -0.25) is 0 Å². The molecule has 84 valence electrons. The van der Waals surface area contributed by atoms with Crippen molar-refractivity contribution in [2.75, 3.05) is 13.7 Å². The lowest BCUT2D eigenvalue weighted by molar-refractivity contribution is 0.0600. The van der Waals surface area contributed by atoms with Gasteiger partial charge in [-0.1, -0.05) is 17.9 Å². The maximum absolute atomic E-state index is 11.4. The Kier molecular flexibility index (Phi) is 4.56. The molecule has 1 N–H and O–H groups in total. The summed E-state index contributed by atoms with van der Waals surface area (Å²) in [7, 11) is 1.35. The van der Waals surface area contributed by atoms with Crippen molar-refractivity contribution in [1.29, 1.82) is 0 Å². The average molecular weight is 218 g/mol. The van der Waals surface area contributed by atoms with E-state index >= 15 is 0 Å². The van der Waals surface area contributed by atoms with Gasteiger partial charge in [0.1, 0.15) is 0 Å². The van der Waals surface area contributed by atoms with Gasteiger partial charge in [0.25, 0.3) is 0 Å². The van der Waals surface area contributed by atoms with Crippen LogP contribution < -0.4 is 0 Å². The Labute approximate surface area is 95.1 Å². The summed E-state index contributed by atoms with van der Waals surface area (Å²) < 4.78 is 4.67. The summed E-state index contributed by atoms with van der Waals surface area (Å²) >= 11 is 0. The second kappa shape index (κ2) is 5.94. The number of aliphatic hydroxyl groups is 1. The first-order valence-corrected chi connectivity index (χ1v) is 4.98. The molecule has 0 fully saturated rings. The molecule has 0 aliphatic rings. The largest absolute Gasteiger partial charge is 0.465 e. The van der Waals surface area contributed by atoms with Crippen LogP contribution in [0.1, 0.15) is 27.9 Å². The Morgan fingerprint density at radius 1 is 1.50 bits per heavy atom. The van der Waals surface area contributed by atoms with E-state index in [1.807, 2.05) is 13.0 Å². The number of aliphatic hydroxyl groups excluding tert-OH is 1. The van der Waals surface area contributed by atoms with E-state index in [9.17, 15) is 4.79 Å². The molecule has 1 rings (SSSR count). The molecule has 3 nitrogen and oxygen atoms in total. The van der Waals surface area contributed by atoms with Crippen LogP contribution in [0, 0.1) is 18.8 Å². The second-order valence-electron chi connectivity index (χ2n) is 3.25. The number of ether oxygens (including phenoxy) is 1. The van der Waals surface area contributed by atoms with Crippen molar-refractivity contribution in [3.05, 3.63) is 34.9 Å². The van der Waals surface area contributed by atoms with Gasteiger partial charge < -0.3 is 9.84 Å². The average Bonchev–Trinajstić information content (AvgIpc) is 2.30. The van der Waals surface area contributed by atoms with E-state index in [0.29, 0.717) is 12.0 Å². The van der Waals surface area contributed by atoms with Crippen molar-refractivity contribution in [3.63, 3.8) is 0 Å². The Bertz CT molecular complexity index is 438. The fourth-order valence-electron chi connectivity index (χ4n) is 1.32. The minimum Gasteiger partial charge on any atom is -0.465 e. The van der Waals surface area contributed by atoms with Crippen LogP contribution >= 0.6 is 0 Å². The zero-order chi connectivity index (χ0) is 12.0. The van der Waals surface area contributed by atoms with E-state index in [2.05, 4.69) is 16.6 Å². The van der Waals surface area contributed by atoms with Crippen molar-refractivity contribution in [2.24, 2.45) is 0 Å². The van der Waals surface area contributed by atoms with Crippen LogP contribution in [0.25, 0.3) is 0 Å². The summed E-state index contributed by atoms with van der Waals surface area (Å²) in [4.78, 5) is 11.4. The van der Waals surface area contributed by atoms with E-state index < -0.39 is 0 Å². The van der Waals surface area contributed by atoms with Crippen LogP contribution in [0.4, 0.5) is 0 Å². The third kappa shape index (κ3) is 2.85. The molecule has 0 aromatic heterocycles. The molecule has 16 heavy (non-hydrogen) atoms. The molecule has 0 unspecified atom stereocenters. The zero-order valence-electron chi connectivity index (χ0n) is 9.41. The Hall–Kier alpha value is -1.79. The summed E-state index contributed by atoms with van der Waals surface area (Å²) in [6.45, 7) is 1.87. The number of carbonyl (C=O) groups excluding carboxylic acids is 1. The molecule has 1 aromatic rings. The van der Waals surface area contributed by atoms with Crippen LogP contribution in [-0.2, 0) is 4.74 Å². The molecule has 0 aliphatic heterocycles. The van der Waals surface area contributed by atoms with Crippen molar-refractivity contribution in [2.45, 2.75) is 13.3 Å². The standard InChI is InChI=1S/C13H14O3/c1-10-11(6-3-4-9-14)7-5-8-12(10)13(15)16-2/h5,7-8,14H,4,9H2,1-2H3. The highest BCUT2D eigenvalue weighted by molar-refractivity contribution is 5.91. The summed E-state index contributed by atoms with van der Waals surface area (Å²) in [6, 6.07) is 5.31. The van der Waals surface area contributed by atoms with E-state index in [1.165, 1.54) is 7.11 Å². The third-order valence-corrected chi connectivity index (χ3v) is 2.20. The van der Waals surface area contributed by atoms with Crippen molar-refractivity contribution >= 4 is 5.97 Å². The monoisotopic (exact) mass is 218 g/mol. The van der Waals surface area contributed by atoms with Gasteiger partial charge in [-0.15, -0.1) is 0 Å². The smallest absolute Gasteiger partial charge is 0.338 e. The number of hydrogen-bond donors (Lipinski definition) is 1. The summed E-state index contributed by atoms with van der Waals surface area (Å²) in [5.41, 5.74) is 2.12. The lowest BCUT2D eigenvalue weighted by Crippen LogP contribution is -2.04. The SMILES string of the molecule is COC(=O)c1cccc(C#CCCO)c1C. The molecule has 0 atom stereocenters. The molecule has 0 saturated heterocycles. The number of rotatable bonds is 2. The molecule has 0 heterocycles. The van der Waals surface area contributed by atoms with Crippen LogP contribution in [0.2, 0.25) is 0 Å². The van der Waals surface area contributed by atoms with E-state index in [1.54, 1.807) is 12.1 Å². The van der Waals surface area contributed by atoms with Gasteiger partial charge >= 0.3 is 5.97 Å². The lowest BCUT2D eigenvalue weighted by Gasteiger charge is -2.04. The van der Waals surface area contributed by atoms with Crippen LogP contribution in [0.3, 0.4) is 0 Å². The molecule has 0 amide bonds. The van der Waals surface area contributed by atoms with Crippen LogP contribution in [0.15, 0.2) is 18.2 Å². The van der Waals surface area contributed by atoms with Crippen molar-refractivity contribution in [3.8, 4) is 11.8 Å². The van der Waals surface area contributed by atoms with E-state index in [4.69, 9.17) is 5.11 Å². The summed E-state index contributed by atoms with van der Waals surface area (Å²) in [6.07, 6.45) is 0.432. The van der Waals surface area contributed by atoms with Gasteiger partial charge in [0, 0.05) is 12.0 Å². The van der Waals surface area contributed by atoms with Crippen molar-refractivity contribution < 1.29 is 14.6 Å². The zero-order valence-corrected chi connectivity index (χ0v) is 9.41. The van der Waals surface area contributed by atoms with E-state index in [0.717, 1.165) is 11.1 Å². The molecule has 3 heteroatoms. The topological polar surface area (TPSA) is 46.5 Å². The summed E-state index contributed by atoms with van der Waals surface area (Å²) in [5.74, 6) is 5.38. The first-order chi connectivity index (χ1) is 7.70. The molecular formula is C13H14O3. The third-order valence-electron chi connectivity index (χ3n) is 2.20. The minimum atomic E-state index is -0.358. The van der Waals surface area contributed by atoms with Crippen molar-refractivity contribution in [1.82, 2.24) is 0 Å². The van der Waals surface area contributed by atoms with Crippen LogP contribution in [-0.4, -0.2) is 24.8 Å². The number of hydrogen-bond acceptors (Lipinski definition) is 3. The molecule has 0 spiro atoms.